The molecule has 0 bridgehead atoms. The molecule has 102 valence electrons. The van der Waals surface area contributed by atoms with Gasteiger partial charge >= 0.3 is 5.97 Å². The van der Waals surface area contributed by atoms with E-state index in [2.05, 4.69) is 10.1 Å². The first-order chi connectivity index (χ1) is 9.63. The number of carbonyl (C=O) groups excluding carboxylic acids is 1. The predicted molar refractivity (Wildman–Crippen MR) is 74.6 cm³/mol. The first-order valence-electron chi connectivity index (χ1n) is 6.25. The van der Waals surface area contributed by atoms with Crippen molar-refractivity contribution in [3.8, 4) is 11.3 Å². The number of hydrogen-bond donors (Lipinski definition) is 1. The summed E-state index contributed by atoms with van der Waals surface area (Å²) in [6.45, 7) is 3.67. The summed E-state index contributed by atoms with van der Waals surface area (Å²) in [6.07, 6.45) is 0. The average Bonchev–Trinajstić information content (AvgIpc) is 2.98. The van der Waals surface area contributed by atoms with Crippen molar-refractivity contribution >= 4 is 16.9 Å². The molecule has 2 aromatic heterocycles. The van der Waals surface area contributed by atoms with Crippen molar-refractivity contribution in [2.45, 2.75) is 13.8 Å². The van der Waals surface area contributed by atoms with Crippen molar-refractivity contribution in [2.75, 3.05) is 7.11 Å². The lowest BCUT2D eigenvalue weighted by atomic mass is 10.0. The number of H-pyrrole nitrogens is 1. The van der Waals surface area contributed by atoms with E-state index < -0.39 is 0 Å². The molecule has 5 heteroatoms. The number of nitrogens with one attached hydrogen (secondary N) is 1. The number of methoxy groups -OCH3 is 1. The summed E-state index contributed by atoms with van der Waals surface area (Å²) < 4.78 is 10.1. The minimum absolute atomic E-state index is 0.377. The maximum atomic E-state index is 12.1. The van der Waals surface area contributed by atoms with Crippen molar-refractivity contribution in [1.29, 1.82) is 0 Å². The van der Waals surface area contributed by atoms with E-state index in [1.54, 1.807) is 0 Å². The predicted octanol–water partition coefficient (Wildman–Crippen LogP) is 3.23. The van der Waals surface area contributed by atoms with Gasteiger partial charge in [-0.3, -0.25) is 0 Å². The summed E-state index contributed by atoms with van der Waals surface area (Å²) in [5.74, 6) is 0.289. The van der Waals surface area contributed by atoms with Crippen molar-refractivity contribution in [1.82, 2.24) is 10.1 Å². The van der Waals surface area contributed by atoms with Gasteiger partial charge in [-0.15, -0.1) is 0 Å². The van der Waals surface area contributed by atoms with E-state index in [-0.39, 0.29) is 5.97 Å². The molecule has 20 heavy (non-hydrogen) atoms. The summed E-state index contributed by atoms with van der Waals surface area (Å²) >= 11 is 0. The Hall–Kier alpha value is -2.56. The van der Waals surface area contributed by atoms with Crippen LogP contribution < -0.4 is 0 Å². The minimum Gasteiger partial charge on any atom is -0.465 e. The highest BCUT2D eigenvalue weighted by atomic mass is 16.5. The van der Waals surface area contributed by atoms with E-state index in [1.165, 1.54) is 7.11 Å². The highest BCUT2D eigenvalue weighted by Crippen LogP contribution is 2.34. The van der Waals surface area contributed by atoms with Crippen molar-refractivity contribution < 1.29 is 14.1 Å². The molecule has 0 fully saturated rings. The van der Waals surface area contributed by atoms with Crippen LogP contribution in [0.25, 0.3) is 22.2 Å². The quantitative estimate of drug-likeness (QED) is 0.726. The molecule has 0 unspecified atom stereocenters. The summed E-state index contributed by atoms with van der Waals surface area (Å²) in [5.41, 5.74) is 3.62. The summed E-state index contributed by atoms with van der Waals surface area (Å²) in [4.78, 5) is 15.4. The molecule has 0 aliphatic rings. The number of esters is 1. The van der Waals surface area contributed by atoms with Crippen LogP contribution in [-0.2, 0) is 4.74 Å². The Morgan fingerprint density at radius 1 is 1.30 bits per heavy atom. The van der Waals surface area contributed by atoms with Crippen LogP contribution in [0, 0.1) is 13.8 Å². The Labute approximate surface area is 115 Å². The van der Waals surface area contributed by atoms with Crippen LogP contribution in [0.3, 0.4) is 0 Å². The van der Waals surface area contributed by atoms with Gasteiger partial charge in [0.25, 0.3) is 0 Å². The average molecular weight is 270 g/mol. The molecule has 0 aliphatic carbocycles. The zero-order valence-corrected chi connectivity index (χ0v) is 11.5. The van der Waals surface area contributed by atoms with Gasteiger partial charge in [-0.1, -0.05) is 23.4 Å². The van der Waals surface area contributed by atoms with Crippen LogP contribution in [0.1, 0.15) is 21.8 Å². The van der Waals surface area contributed by atoms with E-state index in [0.29, 0.717) is 17.0 Å². The molecule has 3 rings (SSSR count). The van der Waals surface area contributed by atoms with Gasteiger partial charge in [0.05, 0.1) is 29.6 Å². The van der Waals surface area contributed by atoms with E-state index in [0.717, 1.165) is 22.2 Å². The van der Waals surface area contributed by atoms with Crippen LogP contribution in [0.15, 0.2) is 28.8 Å². The van der Waals surface area contributed by atoms with Crippen LogP contribution in [0.5, 0.6) is 0 Å². The van der Waals surface area contributed by atoms with Crippen LogP contribution in [-0.4, -0.2) is 23.2 Å². The Morgan fingerprint density at radius 2 is 2.05 bits per heavy atom. The fourth-order valence-electron chi connectivity index (χ4n) is 2.48. The summed E-state index contributed by atoms with van der Waals surface area (Å²) in [6, 6.07) is 7.61. The molecular formula is C15H14N2O3. The van der Waals surface area contributed by atoms with Gasteiger partial charge in [-0.05, 0) is 19.9 Å². The Kier molecular flexibility index (Phi) is 2.82. The second-order valence-electron chi connectivity index (χ2n) is 4.61. The highest BCUT2D eigenvalue weighted by molar-refractivity contribution is 6.10. The lowest BCUT2D eigenvalue weighted by molar-refractivity contribution is 0.0604. The SMILES string of the molecule is COC(=O)c1c(-c2c(C)noc2C)[nH]c2ccccc12. The number of aromatic amines is 1. The van der Waals surface area contributed by atoms with Crippen molar-refractivity contribution in [3.05, 3.63) is 41.3 Å². The van der Waals surface area contributed by atoms with Gasteiger partial charge in [-0.25, -0.2) is 4.79 Å². The number of para-hydroxylation sites is 1. The van der Waals surface area contributed by atoms with Crippen molar-refractivity contribution in [2.24, 2.45) is 0 Å². The molecule has 0 radical (unpaired) electrons. The van der Waals surface area contributed by atoms with Gasteiger partial charge < -0.3 is 14.2 Å². The maximum Gasteiger partial charge on any atom is 0.340 e. The molecule has 0 spiro atoms. The number of aryl methyl sites for hydroxylation is 2. The van der Waals surface area contributed by atoms with E-state index in [1.807, 2.05) is 38.1 Å². The second kappa shape index (κ2) is 4.52. The van der Waals surface area contributed by atoms with E-state index in [9.17, 15) is 4.79 Å². The molecule has 0 aliphatic heterocycles. The van der Waals surface area contributed by atoms with Gasteiger partial charge in [0.2, 0.25) is 0 Å². The largest absolute Gasteiger partial charge is 0.465 e. The number of nitrogens with zero attached hydrogens (tertiary/aromatic N) is 1. The third kappa shape index (κ3) is 1.71. The van der Waals surface area contributed by atoms with Gasteiger partial charge in [0, 0.05) is 10.9 Å². The normalized spacial score (nSPS) is 10.9. The number of hydrogen-bond acceptors (Lipinski definition) is 4. The zero-order valence-electron chi connectivity index (χ0n) is 11.5. The van der Waals surface area contributed by atoms with Gasteiger partial charge in [0.1, 0.15) is 5.76 Å². The second-order valence-corrected chi connectivity index (χ2v) is 4.61. The number of benzene rings is 1. The maximum absolute atomic E-state index is 12.1. The number of carbonyl (C=O) groups is 1. The first-order valence-corrected chi connectivity index (χ1v) is 6.25. The highest BCUT2D eigenvalue weighted by Gasteiger charge is 2.24. The molecule has 3 aromatic rings. The lowest BCUT2D eigenvalue weighted by Gasteiger charge is -2.02. The molecule has 0 saturated carbocycles. The van der Waals surface area contributed by atoms with Crippen LogP contribution in [0.4, 0.5) is 0 Å². The third-order valence-corrected chi connectivity index (χ3v) is 3.38. The number of ether oxygens (including phenoxy) is 1. The van der Waals surface area contributed by atoms with Gasteiger partial charge in [0.15, 0.2) is 0 Å². The Bertz CT molecular complexity index is 779. The van der Waals surface area contributed by atoms with Crippen LogP contribution >= 0.6 is 0 Å². The monoisotopic (exact) mass is 270 g/mol. The minimum atomic E-state index is -0.377. The fraction of sp³-hybridized carbons (Fsp3) is 0.200. The number of fused-ring (bicyclic) bond motifs is 1. The van der Waals surface area contributed by atoms with Crippen LogP contribution in [0.2, 0.25) is 0 Å². The molecule has 1 aromatic carbocycles. The fourth-order valence-corrected chi connectivity index (χ4v) is 2.48. The Balaban J connectivity index is 2.38. The molecule has 5 nitrogen and oxygen atoms in total. The lowest BCUT2D eigenvalue weighted by Crippen LogP contribution is -2.02. The third-order valence-electron chi connectivity index (χ3n) is 3.38. The summed E-state index contributed by atoms with van der Waals surface area (Å²) in [7, 11) is 1.38. The van der Waals surface area contributed by atoms with Gasteiger partial charge in [-0.2, -0.15) is 0 Å². The topological polar surface area (TPSA) is 68.1 Å². The molecule has 0 saturated heterocycles. The van der Waals surface area contributed by atoms with E-state index in [4.69, 9.17) is 9.26 Å². The van der Waals surface area contributed by atoms with E-state index >= 15 is 0 Å². The molecular weight excluding hydrogens is 256 g/mol. The molecule has 0 amide bonds. The number of aromatic nitrogens is 2. The summed E-state index contributed by atoms with van der Waals surface area (Å²) in [5, 5.41) is 4.77. The smallest absolute Gasteiger partial charge is 0.340 e. The molecule has 0 atom stereocenters. The number of rotatable bonds is 2. The molecule has 1 N–H and O–H groups in total. The molecule has 2 heterocycles. The Morgan fingerprint density at radius 3 is 2.70 bits per heavy atom. The zero-order chi connectivity index (χ0) is 14.3. The van der Waals surface area contributed by atoms with Crippen molar-refractivity contribution in [3.63, 3.8) is 0 Å². The standard InChI is InChI=1S/C15H14N2O3/c1-8-12(9(2)20-17-8)14-13(15(18)19-3)10-6-4-5-7-11(10)16-14/h4-7,16H,1-3H3. The first kappa shape index (κ1) is 12.5.